The summed E-state index contributed by atoms with van der Waals surface area (Å²) in [5.74, 6) is 2.08. The van der Waals surface area contributed by atoms with Crippen molar-refractivity contribution in [3.05, 3.63) is 34.4 Å². The van der Waals surface area contributed by atoms with Gasteiger partial charge >= 0.3 is 0 Å². The third-order valence-corrected chi connectivity index (χ3v) is 7.41. The van der Waals surface area contributed by atoms with Gasteiger partial charge in [-0.05, 0) is 69.6 Å². The van der Waals surface area contributed by atoms with E-state index >= 15 is 0 Å². The lowest BCUT2D eigenvalue weighted by Crippen LogP contribution is -2.42. The maximum Gasteiger partial charge on any atom is 0.126 e. The van der Waals surface area contributed by atoms with E-state index < -0.39 is 0 Å². The molecule has 0 unspecified atom stereocenters. The quantitative estimate of drug-likeness (QED) is 0.373. The van der Waals surface area contributed by atoms with Crippen LogP contribution in [0.25, 0.3) is 11.3 Å². The van der Waals surface area contributed by atoms with Crippen LogP contribution in [-0.4, -0.2) is 61.6 Å². The van der Waals surface area contributed by atoms with E-state index in [9.17, 15) is 0 Å². The van der Waals surface area contributed by atoms with Gasteiger partial charge in [0.1, 0.15) is 11.6 Å². The predicted molar refractivity (Wildman–Crippen MR) is 144 cm³/mol. The lowest BCUT2D eigenvalue weighted by atomic mass is 9.90. The van der Waals surface area contributed by atoms with Crippen LogP contribution in [0.4, 0.5) is 11.6 Å². The van der Waals surface area contributed by atoms with Crippen molar-refractivity contribution in [2.75, 3.05) is 44.1 Å². The van der Waals surface area contributed by atoms with Gasteiger partial charge in [0.2, 0.25) is 0 Å². The molecule has 2 atom stereocenters. The molecule has 2 aromatic heterocycles. The number of methoxy groups -OCH3 is 1. The molecule has 3 heterocycles. The molecule has 2 fully saturated rings. The molecule has 1 saturated heterocycles. The van der Waals surface area contributed by atoms with E-state index in [1.807, 2.05) is 18.2 Å². The number of halogens is 2. The summed E-state index contributed by atoms with van der Waals surface area (Å²) in [6.45, 7) is 5.39. The molecular weight excluding hydrogens is 485 g/mol. The van der Waals surface area contributed by atoms with E-state index in [-0.39, 0.29) is 0 Å². The normalized spacial score (nSPS) is 23.6. The van der Waals surface area contributed by atoms with Crippen LogP contribution in [0.15, 0.2) is 24.4 Å². The Bertz CT molecular complexity index is 949. The van der Waals surface area contributed by atoms with E-state index in [2.05, 4.69) is 27.9 Å². The van der Waals surface area contributed by atoms with Crippen molar-refractivity contribution in [3.8, 4) is 11.3 Å². The van der Waals surface area contributed by atoms with Crippen molar-refractivity contribution >= 4 is 34.8 Å². The van der Waals surface area contributed by atoms with Crippen LogP contribution in [0.5, 0.6) is 0 Å². The molecule has 9 heteroatoms. The molecule has 7 nitrogen and oxygen atoms in total. The molecule has 0 aromatic carbocycles. The Morgan fingerprint density at radius 3 is 2.63 bits per heavy atom. The van der Waals surface area contributed by atoms with Crippen LogP contribution in [-0.2, 0) is 9.47 Å². The Hall–Kier alpha value is -1.64. The molecule has 35 heavy (non-hydrogen) atoms. The van der Waals surface area contributed by atoms with Crippen LogP contribution >= 0.6 is 23.2 Å². The molecule has 4 rings (SSSR count). The van der Waals surface area contributed by atoms with Crippen molar-refractivity contribution in [2.45, 2.75) is 63.6 Å². The average Bonchev–Trinajstić information content (AvgIpc) is 2.87. The van der Waals surface area contributed by atoms with Gasteiger partial charge < -0.3 is 25.4 Å². The Kier molecular flexibility index (Phi) is 9.86. The molecule has 0 amide bonds. The highest BCUT2D eigenvalue weighted by atomic mass is 35.5. The van der Waals surface area contributed by atoms with Crippen molar-refractivity contribution in [1.29, 1.82) is 0 Å². The number of aromatic nitrogens is 2. The van der Waals surface area contributed by atoms with E-state index in [4.69, 9.17) is 37.7 Å². The van der Waals surface area contributed by atoms with Crippen LogP contribution < -0.4 is 16.0 Å². The summed E-state index contributed by atoms with van der Waals surface area (Å²) < 4.78 is 10.8. The zero-order chi connectivity index (χ0) is 24.6. The lowest BCUT2D eigenvalue weighted by molar-refractivity contribution is 0.0595. The predicted octanol–water partition coefficient (Wildman–Crippen LogP) is 5.64. The molecule has 0 spiro atoms. The summed E-state index contributed by atoms with van der Waals surface area (Å²) >= 11 is 13.1. The van der Waals surface area contributed by atoms with Crippen LogP contribution in [0.2, 0.25) is 10.0 Å². The van der Waals surface area contributed by atoms with Crippen molar-refractivity contribution in [1.82, 2.24) is 15.3 Å². The van der Waals surface area contributed by atoms with Gasteiger partial charge in [-0.2, -0.15) is 0 Å². The molecule has 0 radical (unpaired) electrons. The first-order valence-corrected chi connectivity index (χ1v) is 13.4. The molecule has 0 bridgehead atoms. The second-order valence-electron chi connectivity index (χ2n) is 9.76. The Labute approximate surface area is 218 Å². The van der Waals surface area contributed by atoms with Gasteiger partial charge in [-0.15, -0.1) is 0 Å². The van der Waals surface area contributed by atoms with E-state index in [0.29, 0.717) is 39.8 Å². The Morgan fingerprint density at radius 2 is 1.89 bits per heavy atom. The largest absolute Gasteiger partial charge is 0.383 e. The second kappa shape index (κ2) is 13.1. The SMILES string of the molecule is COC[C@@H](C)N[C@H]1CC[C@H](Nc2cc(-c3nc(NC[C@H]4CCCOC4)ccc3Cl)c(Cl)cn2)CC1. The molecule has 2 aliphatic rings. The first kappa shape index (κ1) is 26.4. The fraction of sp³-hybridized carbons (Fsp3) is 0.615. The number of anilines is 2. The maximum atomic E-state index is 6.55. The topological polar surface area (TPSA) is 80.3 Å². The summed E-state index contributed by atoms with van der Waals surface area (Å²) in [4.78, 5) is 9.31. The third kappa shape index (κ3) is 7.67. The number of nitrogens with zero attached hydrogens (tertiary/aromatic N) is 2. The van der Waals surface area contributed by atoms with E-state index in [1.165, 1.54) is 6.42 Å². The van der Waals surface area contributed by atoms with Crippen LogP contribution in [0.3, 0.4) is 0 Å². The van der Waals surface area contributed by atoms with Crippen LogP contribution in [0.1, 0.15) is 45.4 Å². The fourth-order valence-corrected chi connectivity index (χ4v) is 5.36. The zero-order valence-electron chi connectivity index (χ0n) is 20.7. The highest BCUT2D eigenvalue weighted by Crippen LogP contribution is 2.34. The maximum absolute atomic E-state index is 6.55. The van der Waals surface area contributed by atoms with Gasteiger partial charge in [-0.1, -0.05) is 23.2 Å². The number of nitrogens with one attached hydrogen (secondary N) is 3. The van der Waals surface area contributed by atoms with E-state index in [0.717, 1.165) is 75.7 Å². The van der Waals surface area contributed by atoms with Gasteiger partial charge in [0.15, 0.2) is 0 Å². The molecule has 192 valence electrons. The minimum absolute atomic E-state index is 0.369. The van der Waals surface area contributed by atoms with Crippen molar-refractivity contribution in [2.24, 2.45) is 5.92 Å². The molecule has 2 aromatic rings. The fourth-order valence-electron chi connectivity index (χ4n) is 4.96. The highest BCUT2D eigenvalue weighted by Gasteiger charge is 2.23. The van der Waals surface area contributed by atoms with E-state index in [1.54, 1.807) is 13.3 Å². The monoisotopic (exact) mass is 521 g/mol. The van der Waals surface area contributed by atoms with Gasteiger partial charge in [-0.25, -0.2) is 9.97 Å². The standard InChI is InChI=1S/C26H37Cl2N5O2/c1-17(15-34-2)31-19-5-7-20(8-6-19)32-25-12-21(23(28)14-30-25)26-22(27)9-10-24(33-26)29-13-18-4-3-11-35-16-18/h9-10,12,14,17-20,31H,3-8,11,13,15-16H2,1-2H3,(H,29,33)(H,30,32)/t17-,18-,19-,20-/m1/s1. The summed E-state index contributed by atoms with van der Waals surface area (Å²) in [7, 11) is 1.74. The molecule has 3 N–H and O–H groups in total. The molecule has 1 aliphatic carbocycles. The summed E-state index contributed by atoms with van der Waals surface area (Å²) in [5.41, 5.74) is 1.44. The third-order valence-electron chi connectivity index (χ3n) is 6.80. The Balaban J connectivity index is 1.38. The molecule has 1 aliphatic heterocycles. The summed E-state index contributed by atoms with van der Waals surface area (Å²) in [5, 5.41) is 11.8. The van der Waals surface area contributed by atoms with Gasteiger partial charge in [-0.3, -0.25) is 0 Å². The minimum atomic E-state index is 0.369. The number of rotatable bonds is 10. The average molecular weight is 523 g/mol. The van der Waals surface area contributed by atoms with Crippen LogP contribution in [0, 0.1) is 5.92 Å². The second-order valence-corrected chi connectivity index (χ2v) is 10.6. The molecule has 1 saturated carbocycles. The lowest BCUT2D eigenvalue weighted by Gasteiger charge is -2.32. The number of pyridine rings is 2. The van der Waals surface area contributed by atoms with Gasteiger partial charge in [0.05, 0.1) is 29.0 Å². The number of hydrogen-bond acceptors (Lipinski definition) is 7. The first-order chi connectivity index (χ1) is 17.0. The zero-order valence-corrected chi connectivity index (χ0v) is 22.2. The van der Waals surface area contributed by atoms with Gasteiger partial charge in [0.25, 0.3) is 0 Å². The van der Waals surface area contributed by atoms with Gasteiger partial charge in [0, 0.05) is 50.1 Å². The number of hydrogen-bond donors (Lipinski definition) is 3. The van der Waals surface area contributed by atoms with Crippen molar-refractivity contribution in [3.63, 3.8) is 0 Å². The highest BCUT2D eigenvalue weighted by molar-refractivity contribution is 6.36. The summed E-state index contributed by atoms with van der Waals surface area (Å²) in [6.07, 6.45) is 8.37. The molecular formula is C26H37Cl2N5O2. The van der Waals surface area contributed by atoms with Crippen molar-refractivity contribution < 1.29 is 9.47 Å². The number of ether oxygens (including phenoxy) is 2. The summed E-state index contributed by atoms with van der Waals surface area (Å²) in [6, 6.07) is 7.01. The minimum Gasteiger partial charge on any atom is -0.383 e. The Morgan fingerprint density at radius 1 is 1.09 bits per heavy atom. The smallest absolute Gasteiger partial charge is 0.126 e. The first-order valence-electron chi connectivity index (χ1n) is 12.7.